The molecule has 2 aromatic rings. The molecule has 6 heteroatoms. The van der Waals surface area contributed by atoms with E-state index in [0.29, 0.717) is 12.1 Å². The predicted molar refractivity (Wildman–Crippen MR) is 66.4 cm³/mol. The Morgan fingerprint density at radius 2 is 2.22 bits per heavy atom. The van der Waals surface area contributed by atoms with Crippen LogP contribution in [0.3, 0.4) is 0 Å². The first-order valence-corrected chi connectivity index (χ1v) is 5.61. The van der Waals surface area contributed by atoms with E-state index in [4.69, 9.17) is 14.9 Å². The first-order valence-electron chi connectivity index (χ1n) is 5.61. The van der Waals surface area contributed by atoms with E-state index in [1.807, 2.05) is 6.92 Å². The van der Waals surface area contributed by atoms with E-state index in [0.717, 1.165) is 6.42 Å². The summed E-state index contributed by atoms with van der Waals surface area (Å²) in [7, 11) is 1.57. The van der Waals surface area contributed by atoms with E-state index in [2.05, 4.69) is 0 Å². The lowest BCUT2D eigenvalue weighted by Crippen LogP contribution is -2.09. The number of nitrogens with two attached hydrogens (primary N) is 1. The Morgan fingerprint density at radius 1 is 1.50 bits per heavy atom. The van der Waals surface area contributed by atoms with Crippen LogP contribution in [-0.4, -0.2) is 17.1 Å². The number of anilines is 1. The predicted octanol–water partition coefficient (Wildman–Crippen LogP) is 1.28. The smallest absolute Gasteiger partial charge is 0.419 e. The Balaban J connectivity index is 2.51. The van der Waals surface area contributed by atoms with Gasteiger partial charge in [-0.15, -0.1) is 0 Å². The SMILES string of the molecule is CCCOC(=O)c1ccc2c(oc(=O)n2C)c1N. The second-order valence-corrected chi connectivity index (χ2v) is 3.94. The number of aromatic nitrogens is 1. The highest BCUT2D eigenvalue weighted by Gasteiger charge is 2.17. The van der Waals surface area contributed by atoms with Crippen LogP contribution in [-0.2, 0) is 11.8 Å². The van der Waals surface area contributed by atoms with Crippen LogP contribution in [0.15, 0.2) is 21.3 Å². The normalized spacial score (nSPS) is 10.8. The molecule has 0 saturated carbocycles. The van der Waals surface area contributed by atoms with E-state index >= 15 is 0 Å². The van der Waals surface area contributed by atoms with Crippen molar-refractivity contribution in [2.24, 2.45) is 7.05 Å². The number of hydrogen-bond acceptors (Lipinski definition) is 5. The molecule has 1 heterocycles. The van der Waals surface area contributed by atoms with Crippen LogP contribution < -0.4 is 11.5 Å². The monoisotopic (exact) mass is 250 g/mol. The molecule has 18 heavy (non-hydrogen) atoms. The topological polar surface area (TPSA) is 87.5 Å². The van der Waals surface area contributed by atoms with Crippen LogP contribution in [0.25, 0.3) is 11.1 Å². The van der Waals surface area contributed by atoms with Crippen molar-refractivity contribution in [1.29, 1.82) is 0 Å². The average Bonchev–Trinajstić information content (AvgIpc) is 2.64. The van der Waals surface area contributed by atoms with E-state index < -0.39 is 11.7 Å². The zero-order chi connectivity index (χ0) is 13.3. The molecule has 0 radical (unpaired) electrons. The number of nitrogens with zero attached hydrogens (tertiary/aromatic N) is 1. The minimum absolute atomic E-state index is 0.131. The second kappa shape index (κ2) is 4.56. The summed E-state index contributed by atoms with van der Waals surface area (Å²) < 4.78 is 11.3. The Hall–Kier alpha value is -2.24. The number of ether oxygens (including phenoxy) is 1. The molecule has 0 aliphatic rings. The molecule has 0 aliphatic heterocycles. The van der Waals surface area contributed by atoms with Gasteiger partial charge in [0.15, 0.2) is 5.58 Å². The number of hydrogen-bond donors (Lipinski definition) is 1. The van der Waals surface area contributed by atoms with Gasteiger partial charge in [-0.2, -0.15) is 0 Å². The fourth-order valence-electron chi connectivity index (χ4n) is 1.66. The Labute approximate surface area is 103 Å². The molecule has 2 N–H and O–H groups in total. The molecule has 96 valence electrons. The van der Waals surface area contributed by atoms with Crippen LogP contribution in [0, 0.1) is 0 Å². The Bertz CT molecular complexity index is 654. The number of esters is 1. The third kappa shape index (κ3) is 1.85. The van der Waals surface area contributed by atoms with E-state index in [-0.39, 0.29) is 16.8 Å². The Kier molecular flexibility index (Phi) is 3.10. The third-order valence-corrected chi connectivity index (χ3v) is 2.66. The molecule has 0 aliphatic carbocycles. The highest BCUT2D eigenvalue weighted by molar-refractivity contribution is 6.02. The van der Waals surface area contributed by atoms with Gasteiger partial charge in [-0.3, -0.25) is 4.57 Å². The van der Waals surface area contributed by atoms with Crippen molar-refractivity contribution in [3.8, 4) is 0 Å². The molecule has 0 atom stereocenters. The lowest BCUT2D eigenvalue weighted by atomic mass is 10.1. The van der Waals surface area contributed by atoms with Gasteiger partial charge in [-0.1, -0.05) is 6.92 Å². The minimum atomic E-state index is -0.518. The van der Waals surface area contributed by atoms with Crippen molar-refractivity contribution >= 4 is 22.8 Å². The van der Waals surface area contributed by atoms with Crippen LogP contribution in [0.4, 0.5) is 5.69 Å². The molecular weight excluding hydrogens is 236 g/mol. The van der Waals surface area contributed by atoms with Crippen molar-refractivity contribution in [2.75, 3.05) is 12.3 Å². The van der Waals surface area contributed by atoms with E-state index in [1.54, 1.807) is 13.1 Å². The molecule has 2 rings (SSSR count). The van der Waals surface area contributed by atoms with Gasteiger partial charge >= 0.3 is 11.7 Å². The van der Waals surface area contributed by atoms with Crippen molar-refractivity contribution in [2.45, 2.75) is 13.3 Å². The lowest BCUT2D eigenvalue weighted by Gasteiger charge is -2.06. The van der Waals surface area contributed by atoms with Gasteiger partial charge in [0.25, 0.3) is 0 Å². The molecule has 1 aromatic heterocycles. The maximum atomic E-state index is 11.7. The highest BCUT2D eigenvalue weighted by Crippen LogP contribution is 2.24. The number of carbonyl (C=O) groups is 1. The standard InChI is InChI=1S/C12H14N2O4/c1-3-6-17-11(15)7-4-5-8-10(9(7)13)18-12(16)14(8)2/h4-5H,3,6,13H2,1-2H3. The summed E-state index contributed by atoms with van der Waals surface area (Å²) in [5.74, 6) is -1.03. The number of nitrogen functional groups attached to an aromatic ring is 1. The molecule has 0 fully saturated rings. The molecule has 0 amide bonds. The third-order valence-electron chi connectivity index (χ3n) is 2.66. The molecule has 0 bridgehead atoms. The zero-order valence-corrected chi connectivity index (χ0v) is 10.2. The van der Waals surface area contributed by atoms with Crippen LogP contribution in [0.5, 0.6) is 0 Å². The molecule has 6 nitrogen and oxygen atoms in total. The zero-order valence-electron chi connectivity index (χ0n) is 10.2. The van der Waals surface area contributed by atoms with Gasteiger partial charge in [0, 0.05) is 7.05 Å². The summed E-state index contributed by atoms with van der Waals surface area (Å²) in [6.07, 6.45) is 0.730. The average molecular weight is 250 g/mol. The summed E-state index contributed by atoms with van der Waals surface area (Å²) in [4.78, 5) is 23.1. The Morgan fingerprint density at radius 3 is 2.89 bits per heavy atom. The van der Waals surface area contributed by atoms with Crippen molar-refractivity contribution < 1.29 is 13.9 Å². The lowest BCUT2D eigenvalue weighted by molar-refractivity contribution is 0.0506. The van der Waals surface area contributed by atoms with Gasteiger partial charge < -0.3 is 14.9 Å². The van der Waals surface area contributed by atoms with Gasteiger partial charge in [-0.25, -0.2) is 9.59 Å². The number of benzene rings is 1. The number of aryl methyl sites for hydroxylation is 1. The fraction of sp³-hybridized carbons (Fsp3) is 0.333. The largest absolute Gasteiger partial charge is 0.462 e. The molecule has 0 spiro atoms. The first-order chi connectivity index (χ1) is 8.56. The highest BCUT2D eigenvalue weighted by atomic mass is 16.5. The van der Waals surface area contributed by atoms with Crippen molar-refractivity contribution in [1.82, 2.24) is 4.57 Å². The number of fused-ring (bicyclic) bond motifs is 1. The van der Waals surface area contributed by atoms with Crippen LogP contribution in [0.1, 0.15) is 23.7 Å². The van der Waals surface area contributed by atoms with Gasteiger partial charge in [-0.05, 0) is 18.6 Å². The summed E-state index contributed by atoms with van der Waals surface area (Å²) in [5, 5.41) is 0. The molecular formula is C12H14N2O4. The quantitative estimate of drug-likeness (QED) is 0.655. The van der Waals surface area contributed by atoms with Crippen molar-refractivity contribution in [3.63, 3.8) is 0 Å². The van der Waals surface area contributed by atoms with Crippen LogP contribution >= 0.6 is 0 Å². The summed E-state index contributed by atoms with van der Waals surface area (Å²) in [5.41, 5.74) is 6.93. The number of rotatable bonds is 3. The summed E-state index contributed by atoms with van der Waals surface area (Å²) in [6, 6.07) is 3.14. The van der Waals surface area contributed by atoms with Crippen molar-refractivity contribution in [3.05, 3.63) is 28.2 Å². The number of carbonyl (C=O) groups excluding carboxylic acids is 1. The van der Waals surface area contributed by atoms with Crippen LogP contribution in [0.2, 0.25) is 0 Å². The van der Waals surface area contributed by atoms with E-state index in [9.17, 15) is 9.59 Å². The second-order valence-electron chi connectivity index (χ2n) is 3.94. The number of oxazole rings is 1. The van der Waals surface area contributed by atoms with Gasteiger partial charge in [0.1, 0.15) is 0 Å². The molecule has 0 unspecified atom stereocenters. The maximum Gasteiger partial charge on any atom is 0.419 e. The summed E-state index contributed by atoms with van der Waals surface area (Å²) in [6.45, 7) is 2.23. The van der Waals surface area contributed by atoms with E-state index in [1.165, 1.54) is 10.6 Å². The minimum Gasteiger partial charge on any atom is -0.462 e. The summed E-state index contributed by atoms with van der Waals surface area (Å²) >= 11 is 0. The first kappa shape index (κ1) is 12.2. The maximum absolute atomic E-state index is 11.7. The van der Waals surface area contributed by atoms with Gasteiger partial charge in [0.05, 0.1) is 23.4 Å². The fourth-order valence-corrected chi connectivity index (χ4v) is 1.66. The van der Waals surface area contributed by atoms with Gasteiger partial charge in [0.2, 0.25) is 0 Å². The molecule has 0 saturated heterocycles. The molecule has 1 aromatic carbocycles.